The number of nitrogens with one attached hydrogen (secondary N) is 1. The minimum absolute atomic E-state index is 0.118. The summed E-state index contributed by atoms with van der Waals surface area (Å²) in [6.45, 7) is 2.09. The van der Waals surface area contributed by atoms with Gasteiger partial charge in [-0.1, -0.05) is 6.07 Å². The Balaban J connectivity index is 2.70. The van der Waals surface area contributed by atoms with Crippen LogP contribution in [0.2, 0.25) is 0 Å². The molecule has 0 amide bonds. The van der Waals surface area contributed by atoms with Gasteiger partial charge in [0.1, 0.15) is 0 Å². The Hall–Kier alpha value is -1.35. The second-order valence-electron chi connectivity index (χ2n) is 5.65. The Labute approximate surface area is 137 Å². The lowest BCUT2D eigenvalue weighted by Crippen LogP contribution is -2.48. The first-order chi connectivity index (χ1) is 10.7. The largest absolute Gasteiger partial charge is 0.493 e. The average molecular weight is 347 g/mol. The topological polar surface area (TPSA) is 105 Å². The van der Waals surface area contributed by atoms with Crippen LogP contribution in [0, 0.1) is 0 Å². The van der Waals surface area contributed by atoms with Crippen LogP contribution in [0.15, 0.2) is 18.2 Å². The lowest BCUT2D eigenvalue weighted by Gasteiger charge is -2.29. The van der Waals surface area contributed by atoms with Crippen LogP contribution in [0.5, 0.6) is 11.5 Å². The summed E-state index contributed by atoms with van der Waals surface area (Å²) < 4.78 is 40.6. The molecular formula is C15H25NO6S. The monoisotopic (exact) mass is 347 g/mol. The SMILES string of the molecule is COc1ccc(CC(C)(CO)NCCCS(=O)(=O)O)cc1OC. The molecule has 0 radical (unpaired) electrons. The van der Waals surface area contributed by atoms with Crippen molar-refractivity contribution in [2.75, 3.05) is 33.1 Å². The molecule has 0 bridgehead atoms. The first kappa shape index (κ1) is 19.7. The van der Waals surface area contributed by atoms with Gasteiger partial charge in [-0.2, -0.15) is 8.42 Å². The van der Waals surface area contributed by atoms with Gasteiger partial charge in [-0.25, -0.2) is 0 Å². The van der Waals surface area contributed by atoms with E-state index in [2.05, 4.69) is 5.32 Å². The average Bonchev–Trinajstić information content (AvgIpc) is 2.50. The molecular weight excluding hydrogens is 322 g/mol. The number of rotatable bonds is 10. The molecule has 1 aromatic rings. The van der Waals surface area contributed by atoms with Gasteiger partial charge in [0.15, 0.2) is 11.5 Å². The molecule has 0 aliphatic heterocycles. The smallest absolute Gasteiger partial charge is 0.264 e. The van der Waals surface area contributed by atoms with E-state index in [4.69, 9.17) is 14.0 Å². The Morgan fingerprint density at radius 3 is 2.39 bits per heavy atom. The Kier molecular flexibility index (Phi) is 7.27. The molecule has 1 atom stereocenters. The highest BCUT2D eigenvalue weighted by molar-refractivity contribution is 7.85. The van der Waals surface area contributed by atoms with Crippen LogP contribution in [-0.2, 0) is 16.5 Å². The zero-order valence-corrected chi connectivity index (χ0v) is 14.5. The molecule has 132 valence electrons. The van der Waals surface area contributed by atoms with Crippen LogP contribution in [0.3, 0.4) is 0 Å². The second-order valence-corrected chi connectivity index (χ2v) is 7.22. The van der Waals surface area contributed by atoms with Crippen LogP contribution in [-0.4, -0.2) is 56.7 Å². The summed E-state index contributed by atoms with van der Waals surface area (Å²) in [5.74, 6) is 0.928. The molecule has 0 saturated carbocycles. The molecule has 0 spiro atoms. The first-order valence-corrected chi connectivity index (χ1v) is 8.86. The van der Waals surface area contributed by atoms with E-state index in [0.29, 0.717) is 24.5 Å². The summed E-state index contributed by atoms with van der Waals surface area (Å²) in [7, 11) is -0.839. The number of benzene rings is 1. The molecule has 7 nitrogen and oxygen atoms in total. The molecule has 1 aromatic carbocycles. The lowest BCUT2D eigenvalue weighted by molar-refractivity contribution is 0.174. The number of hydrogen-bond acceptors (Lipinski definition) is 6. The van der Waals surface area contributed by atoms with Crippen molar-refractivity contribution in [3.05, 3.63) is 23.8 Å². The minimum Gasteiger partial charge on any atom is -0.493 e. The molecule has 1 rings (SSSR count). The normalized spacial score (nSPS) is 14.3. The Morgan fingerprint density at radius 1 is 1.22 bits per heavy atom. The van der Waals surface area contributed by atoms with Gasteiger partial charge in [0.25, 0.3) is 10.1 Å². The molecule has 1 unspecified atom stereocenters. The van der Waals surface area contributed by atoms with Crippen molar-refractivity contribution < 1.29 is 27.6 Å². The van der Waals surface area contributed by atoms with Gasteiger partial charge in [0.05, 0.1) is 26.6 Å². The molecule has 0 fully saturated rings. The fourth-order valence-electron chi connectivity index (χ4n) is 2.26. The van der Waals surface area contributed by atoms with E-state index in [9.17, 15) is 13.5 Å². The van der Waals surface area contributed by atoms with E-state index in [1.807, 2.05) is 19.1 Å². The Morgan fingerprint density at radius 2 is 1.87 bits per heavy atom. The fourth-order valence-corrected chi connectivity index (χ4v) is 2.77. The van der Waals surface area contributed by atoms with Crippen molar-refractivity contribution in [2.24, 2.45) is 0 Å². The van der Waals surface area contributed by atoms with Crippen molar-refractivity contribution in [2.45, 2.75) is 25.3 Å². The predicted octanol–water partition coefficient (Wildman–Crippen LogP) is 0.865. The molecule has 0 aromatic heterocycles. The highest BCUT2D eigenvalue weighted by Crippen LogP contribution is 2.29. The highest BCUT2D eigenvalue weighted by Gasteiger charge is 2.23. The third-order valence-electron chi connectivity index (χ3n) is 3.52. The summed E-state index contributed by atoms with van der Waals surface area (Å²) in [5.41, 5.74) is 0.334. The summed E-state index contributed by atoms with van der Waals surface area (Å²) in [6.07, 6.45) is 0.788. The van der Waals surface area contributed by atoms with E-state index in [1.165, 1.54) is 0 Å². The molecule has 23 heavy (non-hydrogen) atoms. The third-order valence-corrected chi connectivity index (χ3v) is 4.33. The van der Waals surface area contributed by atoms with Gasteiger partial charge >= 0.3 is 0 Å². The van der Waals surface area contributed by atoms with Gasteiger partial charge in [-0.3, -0.25) is 4.55 Å². The predicted molar refractivity (Wildman–Crippen MR) is 87.8 cm³/mol. The van der Waals surface area contributed by atoms with Gasteiger partial charge in [-0.15, -0.1) is 0 Å². The van der Waals surface area contributed by atoms with E-state index in [1.54, 1.807) is 20.3 Å². The summed E-state index contributed by atoms with van der Waals surface area (Å²) in [5, 5.41) is 12.8. The van der Waals surface area contributed by atoms with E-state index >= 15 is 0 Å². The summed E-state index contributed by atoms with van der Waals surface area (Å²) >= 11 is 0. The first-order valence-electron chi connectivity index (χ1n) is 7.25. The number of ether oxygens (including phenoxy) is 2. The maximum absolute atomic E-state index is 10.7. The molecule has 8 heteroatoms. The maximum Gasteiger partial charge on any atom is 0.264 e. The maximum atomic E-state index is 10.7. The van der Waals surface area contributed by atoms with Crippen LogP contribution >= 0.6 is 0 Å². The van der Waals surface area contributed by atoms with Crippen LogP contribution < -0.4 is 14.8 Å². The summed E-state index contributed by atoms with van der Waals surface area (Å²) in [4.78, 5) is 0. The van der Waals surface area contributed by atoms with Crippen LogP contribution in [0.25, 0.3) is 0 Å². The lowest BCUT2D eigenvalue weighted by atomic mass is 9.93. The molecule has 3 N–H and O–H groups in total. The number of methoxy groups -OCH3 is 2. The number of hydrogen-bond donors (Lipinski definition) is 3. The van der Waals surface area contributed by atoms with E-state index in [0.717, 1.165) is 5.56 Å². The van der Waals surface area contributed by atoms with Crippen molar-refractivity contribution in [3.8, 4) is 11.5 Å². The number of aliphatic hydroxyl groups is 1. The molecule has 0 aliphatic carbocycles. The van der Waals surface area contributed by atoms with Gasteiger partial charge < -0.3 is 19.9 Å². The zero-order valence-electron chi connectivity index (χ0n) is 13.7. The van der Waals surface area contributed by atoms with Crippen molar-refractivity contribution >= 4 is 10.1 Å². The van der Waals surface area contributed by atoms with Crippen molar-refractivity contribution in [1.29, 1.82) is 0 Å². The van der Waals surface area contributed by atoms with E-state index in [-0.39, 0.29) is 18.8 Å². The van der Waals surface area contributed by atoms with Crippen LogP contribution in [0.1, 0.15) is 18.9 Å². The quantitative estimate of drug-likeness (QED) is 0.426. The summed E-state index contributed by atoms with van der Waals surface area (Å²) in [6, 6.07) is 5.52. The molecule has 0 aliphatic rings. The second kappa shape index (κ2) is 8.49. The minimum atomic E-state index is -3.96. The highest BCUT2D eigenvalue weighted by atomic mass is 32.2. The number of aliphatic hydroxyl groups excluding tert-OH is 1. The zero-order chi connectivity index (χ0) is 17.5. The molecule has 0 heterocycles. The van der Waals surface area contributed by atoms with Gasteiger partial charge in [0.2, 0.25) is 0 Å². The standard InChI is InChI=1S/C15H25NO6S/c1-15(11-17,16-7-4-8-23(18,19)20)10-12-5-6-13(21-2)14(9-12)22-3/h5-6,9,16-17H,4,7-8,10-11H2,1-3H3,(H,18,19,20). The molecule has 0 saturated heterocycles. The van der Waals surface area contributed by atoms with Crippen molar-refractivity contribution in [3.63, 3.8) is 0 Å². The van der Waals surface area contributed by atoms with Gasteiger partial charge in [0, 0.05) is 5.54 Å². The van der Waals surface area contributed by atoms with Gasteiger partial charge in [-0.05, 0) is 44.0 Å². The fraction of sp³-hybridized carbons (Fsp3) is 0.600. The Bertz CT molecular complexity index is 604. The van der Waals surface area contributed by atoms with Crippen LogP contribution in [0.4, 0.5) is 0 Å². The third kappa shape index (κ3) is 6.74. The van der Waals surface area contributed by atoms with Crippen molar-refractivity contribution in [1.82, 2.24) is 5.32 Å². The van der Waals surface area contributed by atoms with E-state index < -0.39 is 15.7 Å².